The zero-order valence-electron chi connectivity index (χ0n) is 10.7. The summed E-state index contributed by atoms with van der Waals surface area (Å²) in [5, 5.41) is 11.9. The molecule has 0 saturated heterocycles. The van der Waals surface area contributed by atoms with Gasteiger partial charge in [-0.3, -0.25) is 9.69 Å². The summed E-state index contributed by atoms with van der Waals surface area (Å²) in [6, 6.07) is 5.74. The van der Waals surface area contributed by atoms with Gasteiger partial charge in [-0.2, -0.15) is 0 Å². The summed E-state index contributed by atoms with van der Waals surface area (Å²) in [6.07, 6.45) is 4.13. The molecule has 2 amide bonds. The van der Waals surface area contributed by atoms with E-state index in [0.29, 0.717) is 16.4 Å². The van der Waals surface area contributed by atoms with Crippen LogP contribution in [0.5, 0.6) is 0 Å². The van der Waals surface area contributed by atoms with Gasteiger partial charge in [0.25, 0.3) is 0 Å². The van der Waals surface area contributed by atoms with Gasteiger partial charge in [0.05, 0.1) is 18.1 Å². The van der Waals surface area contributed by atoms with Gasteiger partial charge in [-0.1, -0.05) is 17.7 Å². The van der Waals surface area contributed by atoms with Crippen molar-refractivity contribution in [2.24, 2.45) is 0 Å². The van der Waals surface area contributed by atoms with Gasteiger partial charge in [0.15, 0.2) is 0 Å². The number of nitrogens with zero attached hydrogens (tertiary/aromatic N) is 3. The summed E-state index contributed by atoms with van der Waals surface area (Å²) in [6.45, 7) is -0.500. The predicted octanol–water partition coefficient (Wildman–Crippen LogP) is 2.25. The number of halogens is 1. The van der Waals surface area contributed by atoms with Crippen LogP contribution in [0.1, 0.15) is 0 Å². The molecule has 0 aliphatic rings. The normalized spacial score (nSPS) is 9.95. The van der Waals surface area contributed by atoms with Crippen molar-refractivity contribution < 1.29 is 14.7 Å². The Labute approximate surface area is 125 Å². The molecule has 0 unspecified atom stereocenters. The number of aliphatic carboxylic acids is 1. The summed E-state index contributed by atoms with van der Waals surface area (Å²) >= 11 is 5.86. The summed E-state index contributed by atoms with van der Waals surface area (Å²) in [5.41, 5.74) is 0.735. The highest BCUT2D eigenvalue weighted by Gasteiger charge is 2.19. The first-order valence-electron chi connectivity index (χ1n) is 5.87. The molecule has 0 saturated carbocycles. The average Bonchev–Trinajstić information content (AvgIpc) is 2.45. The van der Waals surface area contributed by atoms with E-state index in [-0.39, 0.29) is 0 Å². The number of aromatic nitrogens is 2. The first-order valence-corrected chi connectivity index (χ1v) is 6.25. The Morgan fingerprint density at radius 2 is 2.00 bits per heavy atom. The van der Waals surface area contributed by atoms with E-state index >= 15 is 0 Å². The van der Waals surface area contributed by atoms with E-state index in [0.717, 1.165) is 4.90 Å². The summed E-state index contributed by atoms with van der Waals surface area (Å²) < 4.78 is 0. The minimum Gasteiger partial charge on any atom is -0.480 e. The van der Waals surface area contributed by atoms with Crippen LogP contribution in [0.2, 0.25) is 5.02 Å². The Hall–Kier alpha value is -2.67. The van der Waals surface area contributed by atoms with Gasteiger partial charge in [-0.05, 0) is 18.2 Å². The van der Waals surface area contributed by atoms with Crippen molar-refractivity contribution in [1.29, 1.82) is 0 Å². The molecule has 1 aromatic heterocycles. The Morgan fingerprint density at radius 3 is 2.62 bits per heavy atom. The SMILES string of the molecule is O=C(O)CN(C(=O)Nc1cncnc1)c1cccc(Cl)c1. The van der Waals surface area contributed by atoms with Crippen LogP contribution in [0.15, 0.2) is 43.0 Å². The Balaban J connectivity index is 2.23. The molecule has 21 heavy (non-hydrogen) atoms. The minimum absolute atomic E-state index is 0.361. The maximum absolute atomic E-state index is 12.2. The van der Waals surface area contributed by atoms with Crippen LogP contribution in [0.3, 0.4) is 0 Å². The number of hydrogen-bond donors (Lipinski definition) is 2. The second-order valence-electron chi connectivity index (χ2n) is 4.02. The van der Waals surface area contributed by atoms with E-state index in [1.54, 1.807) is 18.2 Å². The number of carboxylic acid groups (broad SMARTS) is 1. The number of anilines is 2. The molecule has 0 spiro atoms. The van der Waals surface area contributed by atoms with Crippen molar-refractivity contribution in [3.63, 3.8) is 0 Å². The molecule has 108 valence electrons. The van der Waals surface area contributed by atoms with E-state index < -0.39 is 18.5 Å². The molecule has 0 fully saturated rings. The first-order chi connectivity index (χ1) is 10.1. The molecule has 2 rings (SSSR count). The lowest BCUT2D eigenvalue weighted by Gasteiger charge is -2.21. The number of amides is 2. The van der Waals surface area contributed by atoms with Crippen molar-refractivity contribution in [2.45, 2.75) is 0 Å². The number of benzene rings is 1. The fraction of sp³-hybridized carbons (Fsp3) is 0.0769. The Kier molecular flexibility index (Phi) is 4.68. The third kappa shape index (κ3) is 4.15. The second-order valence-corrected chi connectivity index (χ2v) is 4.45. The number of carboxylic acids is 1. The van der Waals surface area contributed by atoms with Crippen LogP contribution in [0.4, 0.5) is 16.2 Å². The summed E-state index contributed by atoms with van der Waals surface area (Å²) in [7, 11) is 0. The van der Waals surface area contributed by atoms with Crippen LogP contribution >= 0.6 is 11.6 Å². The molecular weight excluding hydrogens is 296 g/mol. The molecule has 0 aliphatic heterocycles. The van der Waals surface area contributed by atoms with Gasteiger partial charge in [0.1, 0.15) is 12.9 Å². The maximum Gasteiger partial charge on any atom is 0.326 e. The molecule has 8 heteroatoms. The van der Waals surface area contributed by atoms with Crippen LogP contribution in [0.25, 0.3) is 0 Å². The number of nitrogens with one attached hydrogen (secondary N) is 1. The summed E-state index contributed by atoms with van der Waals surface area (Å²) in [4.78, 5) is 31.7. The predicted molar refractivity (Wildman–Crippen MR) is 77.5 cm³/mol. The molecule has 1 aromatic carbocycles. The molecule has 0 bridgehead atoms. The van der Waals surface area contributed by atoms with E-state index in [4.69, 9.17) is 16.7 Å². The lowest BCUT2D eigenvalue weighted by Crippen LogP contribution is -2.38. The number of carbonyl (C=O) groups excluding carboxylic acids is 1. The van der Waals surface area contributed by atoms with Gasteiger partial charge in [0, 0.05) is 10.7 Å². The fourth-order valence-electron chi connectivity index (χ4n) is 1.61. The zero-order valence-corrected chi connectivity index (χ0v) is 11.5. The van der Waals surface area contributed by atoms with Gasteiger partial charge in [-0.15, -0.1) is 0 Å². The quantitative estimate of drug-likeness (QED) is 0.903. The topological polar surface area (TPSA) is 95.4 Å². The van der Waals surface area contributed by atoms with Crippen LogP contribution in [0, 0.1) is 0 Å². The number of rotatable bonds is 4. The van der Waals surface area contributed by atoms with Gasteiger partial charge < -0.3 is 10.4 Å². The second kappa shape index (κ2) is 6.67. The van der Waals surface area contributed by atoms with Crippen LogP contribution in [-0.2, 0) is 4.79 Å². The molecular formula is C13H11ClN4O3. The van der Waals surface area contributed by atoms with Crippen molar-refractivity contribution >= 4 is 35.0 Å². The van der Waals surface area contributed by atoms with Crippen LogP contribution < -0.4 is 10.2 Å². The Morgan fingerprint density at radius 1 is 1.29 bits per heavy atom. The number of carbonyl (C=O) groups is 2. The monoisotopic (exact) mass is 306 g/mol. The van der Waals surface area contributed by atoms with Crippen molar-refractivity contribution in [1.82, 2.24) is 9.97 Å². The third-order valence-corrected chi connectivity index (χ3v) is 2.71. The molecule has 0 atom stereocenters. The minimum atomic E-state index is -1.14. The molecule has 0 aliphatic carbocycles. The van der Waals surface area contributed by atoms with Gasteiger partial charge >= 0.3 is 12.0 Å². The smallest absolute Gasteiger partial charge is 0.326 e. The highest BCUT2D eigenvalue weighted by Crippen LogP contribution is 2.20. The standard InChI is InChI=1S/C13H11ClN4O3/c14-9-2-1-3-11(4-9)18(7-12(19)20)13(21)17-10-5-15-8-16-6-10/h1-6,8H,7H2,(H,17,21)(H,19,20). The summed E-state index contributed by atoms with van der Waals surface area (Å²) in [5.74, 6) is -1.14. The van der Waals surface area contributed by atoms with Crippen molar-refractivity contribution in [2.75, 3.05) is 16.8 Å². The fourth-order valence-corrected chi connectivity index (χ4v) is 1.80. The van der Waals surface area contributed by atoms with Crippen LogP contribution in [-0.4, -0.2) is 33.6 Å². The largest absolute Gasteiger partial charge is 0.480 e. The number of hydrogen-bond acceptors (Lipinski definition) is 4. The average molecular weight is 307 g/mol. The molecule has 0 radical (unpaired) electrons. The van der Waals surface area contributed by atoms with E-state index in [1.165, 1.54) is 24.8 Å². The van der Waals surface area contributed by atoms with Gasteiger partial charge in [0.2, 0.25) is 0 Å². The Bertz CT molecular complexity index is 651. The highest BCUT2D eigenvalue weighted by atomic mass is 35.5. The molecule has 2 aromatic rings. The van der Waals surface area contributed by atoms with E-state index in [9.17, 15) is 9.59 Å². The van der Waals surface area contributed by atoms with E-state index in [1.807, 2.05) is 0 Å². The molecule has 2 N–H and O–H groups in total. The van der Waals surface area contributed by atoms with Crippen molar-refractivity contribution in [3.8, 4) is 0 Å². The van der Waals surface area contributed by atoms with E-state index in [2.05, 4.69) is 15.3 Å². The van der Waals surface area contributed by atoms with Crippen molar-refractivity contribution in [3.05, 3.63) is 48.0 Å². The molecule has 1 heterocycles. The number of urea groups is 1. The zero-order chi connectivity index (χ0) is 15.2. The first kappa shape index (κ1) is 14.7. The maximum atomic E-state index is 12.2. The molecule has 7 nitrogen and oxygen atoms in total. The highest BCUT2D eigenvalue weighted by molar-refractivity contribution is 6.31. The lowest BCUT2D eigenvalue weighted by molar-refractivity contribution is -0.135. The lowest BCUT2D eigenvalue weighted by atomic mass is 10.3. The van der Waals surface area contributed by atoms with Gasteiger partial charge in [-0.25, -0.2) is 14.8 Å². The third-order valence-electron chi connectivity index (χ3n) is 2.47.